The number of anilines is 1. The molecule has 0 aliphatic carbocycles. The molecule has 0 aromatic carbocycles. The molecule has 2 rings (SSSR count). The summed E-state index contributed by atoms with van der Waals surface area (Å²) in [5.74, 6) is 0.0693. The molecule has 7 heteroatoms. The highest BCUT2D eigenvalue weighted by molar-refractivity contribution is 5.98. The Kier molecular flexibility index (Phi) is 5.77. The molecule has 1 aliphatic rings. The van der Waals surface area contributed by atoms with Crippen molar-refractivity contribution in [1.82, 2.24) is 9.88 Å². The van der Waals surface area contributed by atoms with Crippen LogP contribution in [-0.4, -0.2) is 52.0 Å². The molecule has 0 radical (unpaired) electrons. The van der Waals surface area contributed by atoms with Crippen molar-refractivity contribution >= 4 is 11.6 Å². The van der Waals surface area contributed by atoms with Gasteiger partial charge in [-0.3, -0.25) is 9.88 Å². The number of hydrogen-bond donors (Lipinski definition) is 3. The molecule has 1 aliphatic heterocycles. The first kappa shape index (κ1) is 15.5. The van der Waals surface area contributed by atoms with E-state index in [-0.39, 0.29) is 12.1 Å². The molecule has 2 heterocycles. The fourth-order valence-corrected chi connectivity index (χ4v) is 2.42. The summed E-state index contributed by atoms with van der Waals surface area (Å²) in [5, 5.41) is 22.0. The number of aliphatic hydroxyl groups is 1. The van der Waals surface area contributed by atoms with Gasteiger partial charge in [0.2, 0.25) is 0 Å². The normalized spacial score (nSPS) is 20.4. The lowest BCUT2D eigenvalue weighted by molar-refractivity contribution is -0.0257. The molecule has 0 amide bonds. The van der Waals surface area contributed by atoms with Crippen LogP contribution in [0, 0.1) is 0 Å². The molecule has 1 atom stereocenters. The Hall–Kier alpha value is -1.86. The molecule has 0 spiro atoms. The number of nitrogens with zero attached hydrogens (tertiary/aromatic N) is 3. The van der Waals surface area contributed by atoms with Crippen molar-refractivity contribution in [1.29, 1.82) is 0 Å². The zero-order valence-corrected chi connectivity index (χ0v) is 12.0. The van der Waals surface area contributed by atoms with Crippen LogP contribution in [0.3, 0.4) is 0 Å². The molecular formula is C14H22N4O3. The van der Waals surface area contributed by atoms with Crippen molar-refractivity contribution in [3.05, 3.63) is 24.0 Å². The van der Waals surface area contributed by atoms with Gasteiger partial charge in [-0.05, 0) is 36.9 Å². The molecule has 116 valence electrons. The van der Waals surface area contributed by atoms with E-state index in [4.69, 9.17) is 15.7 Å². The Morgan fingerprint density at radius 3 is 3.10 bits per heavy atom. The van der Waals surface area contributed by atoms with Crippen LogP contribution >= 0.6 is 0 Å². The van der Waals surface area contributed by atoms with Crippen LogP contribution in [0.1, 0.15) is 31.2 Å². The van der Waals surface area contributed by atoms with E-state index >= 15 is 0 Å². The number of nitrogens with two attached hydrogens (primary N) is 1. The maximum absolute atomic E-state index is 9.83. The molecule has 0 bridgehead atoms. The molecule has 1 fully saturated rings. The summed E-state index contributed by atoms with van der Waals surface area (Å²) in [6, 6.07) is 1.62. The summed E-state index contributed by atoms with van der Waals surface area (Å²) in [4.78, 5) is 5.98. The van der Waals surface area contributed by atoms with Crippen molar-refractivity contribution in [2.45, 2.75) is 31.9 Å². The van der Waals surface area contributed by atoms with E-state index in [1.54, 1.807) is 12.3 Å². The van der Waals surface area contributed by atoms with Crippen LogP contribution in [0.25, 0.3) is 0 Å². The highest BCUT2D eigenvalue weighted by Gasteiger charge is 2.19. The number of aromatic nitrogens is 1. The Morgan fingerprint density at radius 2 is 2.38 bits per heavy atom. The number of piperidine rings is 1. The summed E-state index contributed by atoms with van der Waals surface area (Å²) in [6.07, 6.45) is 6.47. The highest BCUT2D eigenvalue weighted by atomic mass is 16.5. The molecular weight excluding hydrogens is 272 g/mol. The first-order valence-corrected chi connectivity index (χ1v) is 7.19. The lowest BCUT2D eigenvalue weighted by Crippen LogP contribution is -2.40. The third kappa shape index (κ3) is 4.30. The van der Waals surface area contributed by atoms with Gasteiger partial charge >= 0.3 is 0 Å². The van der Waals surface area contributed by atoms with E-state index in [0.717, 1.165) is 38.8 Å². The molecule has 0 saturated carbocycles. The number of oxime groups is 1. The number of nitrogen functional groups attached to an aromatic ring is 1. The van der Waals surface area contributed by atoms with E-state index in [1.165, 1.54) is 6.20 Å². The van der Waals surface area contributed by atoms with Crippen LogP contribution in [-0.2, 0) is 4.74 Å². The van der Waals surface area contributed by atoms with Gasteiger partial charge in [-0.25, -0.2) is 0 Å². The lowest BCUT2D eigenvalue weighted by Gasteiger charge is -2.31. The Morgan fingerprint density at radius 1 is 1.52 bits per heavy atom. The number of aliphatic hydroxyl groups excluding tert-OH is 1. The number of rotatable bonds is 5. The second kappa shape index (κ2) is 7.80. The van der Waals surface area contributed by atoms with Gasteiger partial charge in [-0.15, -0.1) is 0 Å². The van der Waals surface area contributed by atoms with Crippen LogP contribution in [0.2, 0.25) is 0 Å². The van der Waals surface area contributed by atoms with Crippen molar-refractivity contribution in [2.75, 3.05) is 25.4 Å². The summed E-state index contributed by atoms with van der Waals surface area (Å²) in [7, 11) is 0. The fourth-order valence-electron chi connectivity index (χ4n) is 2.42. The maximum Gasteiger partial charge on any atom is 0.261 e. The standard InChI is InChI=1S/C14H22N4O3/c15-12-5-6-16-10-11(12)14(17-20)21-9-3-8-18-7-2-1-4-13(18)19/h5-6,10,13,19-20H,1-4,7-9H2,(H2,15,16). The van der Waals surface area contributed by atoms with Crippen LogP contribution in [0.4, 0.5) is 5.69 Å². The van der Waals surface area contributed by atoms with Gasteiger partial charge in [0.15, 0.2) is 0 Å². The van der Waals surface area contributed by atoms with Gasteiger partial charge in [0, 0.05) is 31.2 Å². The van der Waals surface area contributed by atoms with Gasteiger partial charge in [0.1, 0.15) is 6.23 Å². The highest BCUT2D eigenvalue weighted by Crippen LogP contribution is 2.15. The van der Waals surface area contributed by atoms with Gasteiger partial charge in [0.05, 0.1) is 12.2 Å². The van der Waals surface area contributed by atoms with Gasteiger partial charge in [0.25, 0.3) is 5.90 Å². The molecule has 4 N–H and O–H groups in total. The van der Waals surface area contributed by atoms with E-state index < -0.39 is 0 Å². The molecule has 21 heavy (non-hydrogen) atoms. The summed E-state index contributed by atoms with van der Waals surface area (Å²) in [6.45, 7) is 2.05. The average molecular weight is 294 g/mol. The van der Waals surface area contributed by atoms with Gasteiger partial charge in [-0.2, -0.15) is 0 Å². The van der Waals surface area contributed by atoms with Crippen LogP contribution in [0.5, 0.6) is 0 Å². The zero-order valence-electron chi connectivity index (χ0n) is 12.0. The molecule has 7 nitrogen and oxygen atoms in total. The third-order valence-electron chi connectivity index (χ3n) is 3.58. The van der Waals surface area contributed by atoms with E-state index in [0.29, 0.717) is 17.9 Å². The maximum atomic E-state index is 9.83. The van der Waals surface area contributed by atoms with Gasteiger partial charge in [-0.1, -0.05) is 0 Å². The number of pyridine rings is 1. The average Bonchev–Trinajstić information content (AvgIpc) is 2.50. The summed E-state index contributed by atoms with van der Waals surface area (Å²) >= 11 is 0. The third-order valence-corrected chi connectivity index (χ3v) is 3.58. The Balaban J connectivity index is 1.78. The first-order chi connectivity index (χ1) is 10.2. The molecule has 1 aromatic heterocycles. The van der Waals surface area contributed by atoms with Crippen LogP contribution in [0.15, 0.2) is 23.6 Å². The zero-order chi connectivity index (χ0) is 15.1. The SMILES string of the molecule is Nc1ccncc1C(=NO)OCCCN1CCCCC1O. The largest absolute Gasteiger partial charge is 0.475 e. The van der Waals surface area contributed by atoms with E-state index in [2.05, 4.69) is 10.1 Å². The monoisotopic (exact) mass is 294 g/mol. The molecule has 1 saturated heterocycles. The summed E-state index contributed by atoms with van der Waals surface area (Å²) < 4.78 is 5.46. The number of ether oxygens (including phenoxy) is 1. The van der Waals surface area contributed by atoms with E-state index in [1.807, 2.05) is 4.90 Å². The summed E-state index contributed by atoms with van der Waals surface area (Å²) in [5.41, 5.74) is 6.70. The fraction of sp³-hybridized carbons (Fsp3) is 0.571. The molecule has 1 aromatic rings. The molecule has 1 unspecified atom stereocenters. The second-order valence-corrected chi connectivity index (χ2v) is 5.08. The minimum atomic E-state index is -0.348. The first-order valence-electron chi connectivity index (χ1n) is 7.19. The van der Waals surface area contributed by atoms with E-state index in [9.17, 15) is 5.11 Å². The Bertz CT molecular complexity index is 481. The van der Waals surface area contributed by atoms with Crippen molar-refractivity contribution in [2.24, 2.45) is 5.16 Å². The number of likely N-dealkylation sites (tertiary alicyclic amines) is 1. The van der Waals surface area contributed by atoms with Crippen molar-refractivity contribution in [3.8, 4) is 0 Å². The Labute approximate surface area is 124 Å². The van der Waals surface area contributed by atoms with Crippen LogP contribution < -0.4 is 5.73 Å². The topological polar surface area (TPSA) is 104 Å². The minimum absolute atomic E-state index is 0.0693. The smallest absolute Gasteiger partial charge is 0.261 e. The predicted octanol–water partition coefficient (Wildman–Crippen LogP) is 1.01. The predicted molar refractivity (Wildman–Crippen MR) is 79.0 cm³/mol. The minimum Gasteiger partial charge on any atom is -0.475 e. The van der Waals surface area contributed by atoms with Crippen molar-refractivity contribution < 1.29 is 15.1 Å². The van der Waals surface area contributed by atoms with Gasteiger partial charge < -0.3 is 20.8 Å². The lowest BCUT2D eigenvalue weighted by atomic mass is 10.1. The number of hydrogen-bond acceptors (Lipinski definition) is 7. The quantitative estimate of drug-likeness (QED) is 0.246. The second-order valence-electron chi connectivity index (χ2n) is 5.08. The van der Waals surface area contributed by atoms with Crippen molar-refractivity contribution in [3.63, 3.8) is 0 Å².